The molecule has 4 amide bonds. The first-order chi connectivity index (χ1) is 10.4. The lowest BCUT2D eigenvalue weighted by molar-refractivity contribution is -0.137. The van der Waals surface area contributed by atoms with Crippen molar-refractivity contribution in [2.75, 3.05) is 12.0 Å². The summed E-state index contributed by atoms with van der Waals surface area (Å²) in [4.78, 5) is 35.8. The van der Waals surface area contributed by atoms with E-state index in [1.807, 2.05) is 6.26 Å². The molecule has 1 saturated heterocycles. The molecule has 0 radical (unpaired) electrons. The normalized spacial score (nSPS) is 21.1. The zero-order chi connectivity index (χ0) is 16.3. The Balaban J connectivity index is 1.89. The molecule has 0 aliphatic carbocycles. The van der Waals surface area contributed by atoms with Gasteiger partial charge >= 0.3 is 6.03 Å². The number of aromatic nitrogens is 2. The Morgan fingerprint density at radius 2 is 2.09 bits per heavy atom. The monoisotopic (exact) mass is 361 g/mol. The number of carbonyl (C=O) groups is 3. The van der Waals surface area contributed by atoms with E-state index in [-0.39, 0.29) is 5.75 Å². The van der Waals surface area contributed by atoms with E-state index in [9.17, 15) is 14.4 Å². The molecular weight excluding hydrogens is 346 g/mol. The summed E-state index contributed by atoms with van der Waals surface area (Å²) in [6, 6.07) is -0.617. The fraction of sp³-hybridized carbons (Fsp3) is 0.545. The first-order valence-corrected chi connectivity index (χ1v) is 9.38. The number of imide groups is 1. The Morgan fingerprint density at radius 1 is 1.41 bits per heavy atom. The average Bonchev–Trinajstić information content (AvgIpc) is 3.04. The van der Waals surface area contributed by atoms with Crippen molar-refractivity contribution in [2.45, 2.75) is 34.5 Å². The Bertz CT molecular complexity index is 608. The predicted molar refractivity (Wildman–Crippen MR) is 84.6 cm³/mol. The van der Waals surface area contributed by atoms with Crippen LogP contribution in [0.5, 0.6) is 0 Å². The summed E-state index contributed by atoms with van der Waals surface area (Å²) < 4.78 is 1.48. The number of hydrazine groups is 1. The minimum atomic E-state index is -0.968. The molecule has 1 atom stereocenters. The van der Waals surface area contributed by atoms with Crippen LogP contribution in [-0.2, 0) is 9.59 Å². The van der Waals surface area contributed by atoms with Crippen molar-refractivity contribution in [3.8, 4) is 0 Å². The highest BCUT2D eigenvalue weighted by Gasteiger charge is 2.47. The van der Waals surface area contributed by atoms with E-state index in [1.54, 1.807) is 13.8 Å². The van der Waals surface area contributed by atoms with E-state index in [4.69, 9.17) is 0 Å². The second-order valence-corrected chi connectivity index (χ2v) is 7.87. The maximum Gasteiger partial charge on any atom is 0.344 e. The minimum absolute atomic E-state index is 0.0446. The van der Waals surface area contributed by atoms with Crippen molar-refractivity contribution < 1.29 is 14.4 Å². The van der Waals surface area contributed by atoms with Crippen molar-refractivity contribution in [3.05, 3.63) is 0 Å². The van der Waals surface area contributed by atoms with Crippen LogP contribution in [0.1, 0.15) is 20.3 Å². The smallest absolute Gasteiger partial charge is 0.322 e. The lowest BCUT2D eigenvalue weighted by atomic mass is 10.00. The van der Waals surface area contributed by atoms with Gasteiger partial charge in [-0.05, 0) is 19.6 Å². The van der Waals surface area contributed by atoms with Crippen molar-refractivity contribution in [1.82, 2.24) is 25.9 Å². The van der Waals surface area contributed by atoms with E-state index in [2.05, 4.69) is 20.9 Å². The van der Waals surface area contributed by atoms with Crippen LogP contribution >= 0.6 is 34.9 Å². The Morgan fingerprint density at radius 3 is 2.64 bits per heavy atom. The number of hydrogen-bond acceptors (Lipinski definition) is 8. The zero-order valence-corrected chi connectivity index (χ0v) is 14.7. The number of hydrogen-bond donors (Lipinski definition) is 2. The van der Waals surface area contributed by atoms with Gasteiger partial charge in [0.15, 0.2) is 8.68 Å². The van der Waals surface area contributed by atoms with Gasteiger partial charge in [-0.1, -0.05) is 41.8 Å². The van der Waals surface area contributed by atoms with Crippen LogP contribution in [0.15, 0.2) is 8.68 Å². The molecule has 1 unspecified atom stereocenters. The zero-order valence-electron chi connectivity index (χ0n) is 12.2. The third-order valence-electron chi connectivity index (χ3n) is 3.09. The fourth-order valence-corrected chi connectivity index (χ4v) is 3.88. The SMILES string of the molecule is CCC1(C)NC(=O)N(NC(=O)CSc2nnc(SC)s2)C1=O. The molecule has 1 aliphatic heterocycles. The van der Waals surface area contributed by atoms with Gasteiger partial charge in [-0.25, -0.2) is 4.79 Å². The number of rotatable bonds is 6. The Hall–Kier alpha value is -1.33. The van der Waals surface area contributed by atoms with E-state index in [0.717, 1.165) is 9.35 Å². The molecule has 2 rings (SSSR count). The number of urea groups is 1. The third-order valence-corrected chi connectivity index (χ3v) is 6.13. The first-order valence-electron chi connectivity index (χ1n) is 6.36. The molecule has 0 saturated carbocycles. The van der Waals surface area contributed by atoms with Gasteiger partial charge in [-0.2, -0.15) is 5.01 Å². The van der Waals surface area contributed by atoms with Gasteiger partial charge in [-0.15, -0.1) is 10.2 Å². The summed E-state index contributed by atoms with van der Waals surface area (Å²) in [6.45, 7) is 3.41. The molecule has 1 aromatic heterocycles. The summed E-state index contributed by atoms with van der Waals surface area (Å²) in [5.74, 6) is -0.864. The molecule has 22 heavy (non-hydrogen) atoms. The summed E-state index contributed by atoms with van der Waals surface area (Å²) in [5, 5.41) is 11.1. The summed E-state index contributed by atoms with van der Waals surface area (Å²) in [7, 11) is 0. The highest BCUT2D eigenvalue weighted by Crippen LogP contribution is 2.27. The van der Waals surface area contributed by atoms with Crippen molar-refractivity contribution in [3.63, 3.8) is 0 Å². The molecule has 2 N–H and O–H groups in total. The largest absolute Gasteiger partial charge is 0.344 e. The van der Waals surface area contributed by atoms with Crippen LogP contribution < -0.4 is 10.7 Å². The van der Waals surface area contributed by atoms with Gasteiger partial charge in [0, 0.05) is 0 Å². The number of thioether (sulfide) groups is 2. The highest BCUT2D eigenvalue weighted by atomic mass is 32.2. The Labute approximate surface area is 139 Å². The van der Waals surface area contributed by atoms with Gasteiger partial charge < -0.3 is 5.32 Å². The van der Waals surface area contributed by atoms with E-state index in [1.165, 1.54) is 34.9 Å². The molecular formula is C11H15N5O3S3. The van der Waals surface area contributed by atoms with Crippen LogP contribution in [0.3, 0.4) is 0 Å². The lowest BCUT2D eigenvalue weighted by Crippen LogP contribution is -2.49. The van der Waals surface area contributed by atoms with Crippen LogP contribution in [0.2, 0.25) is 0 Å². The molecule has 0 spiro atoms. The van der Waals surface area contributed by atoms with E-state index >= 15 is 0 Å². The molecule has 2 heterocycles. The van der Waals surface area contributed by atoms with Gasteiger partial charge in [0.25, 0.3) is 5.91 Å². The molecule has 11 heteroatoms. The first kappa shape index (κ1) is 17.0. The quantitative estimate of drug-likeness (QED) is 0.577. The molecule has 8 nitrogen and oxygen atoms in total. The minimum Gasteiger partial charge on any atom is -0.322 e. The van der Waals surface area contributed by atoms with Crippen LogP contribution in [0.4, 0.5) is 4.79 Å². The number of amides is 4. The van der Waals surface area contributed by atoms with Gasteiger partial charge in [0.05, 0.1) is 5.75 Å². The fourth-order valence-electron chi connectivity index (χ4n) is 1.65. The number of carbonyl (C=O) groups excluding carboxylic acids is 3. The van der Waals surface area contributed by atoms with Crippen molar-refractivity contribution in [1.29, 1.82) is 0 Å². The summed E-state index contributed by atoms with van der Waals surface area (Å²) >= 11 is 4.07. The number of nitrogens with one attached hydrogen (secondary N) is 2. The van der Waals surface area contributed by atoms with Gasteiger partial charge in [0.1, 0.15) is 5.54 Å². The molecule has 0 bridgehead atoms. The van der Waals surface area contributed by atoms with Gasteiger partial charge in [0.2, 0.25) is 5.91 Å². The molecule has 1 aromatic rings. The van der Waals surface area contributed by atoms with E-state index < -0.39 is 23.4 Å². The molecule has 0 aromatic carbocycles. The lowest BCUT2D eigenvalue weighted by Gasteiger charge is -2.19. The maximum absolute atomic E-state index is 12.1. The average molecular weight is 361 g/mol. The van der Waals surface area contributed by atoms with Crippen molar-refractivity contribution >= 4 is 52.7 Å². The summed E-state index contributed by atoms with van der Waals surface area (Å²) in [5.41, 5.74) is 1.35. The number of nitrogens with zero attached hydrogens (tertiary/aromatic N) is 3. The maximum atomic E-state index is 12.1. The second-order valence-electron chi connectivity index (χ2n) is 4.62. The Kier molecular flexibility index (Phi) is 5.29. The molecule has 1 aliphatic rings. The topological polar surface area (TPSA) is 104 Å². The van der Waals surface area contributed by atoms with Crippen LogP contribution in [0.25, 0.3) is 0 Å². The van der Waals surface area contributed by atoms with Crippen LogP contribution in [-0.4, -0.2) is 50.6 Å². The highest BCUT2D eigenvalue weighted by molar-refractivity contribution is 8.03. The van der Waals surface area contributed by atoms with Crippen LogP contribution in [0, 0.1) is 0 Å². The summed E-state index contributed by atoms with van der Waals surface area (Å²) in [6.07, 6.45) is 2.34. The van der Waals surface area contributed by atoms with Gasteiger partial charge in [-0.3, -0.25) is 15.0 Å². The predicted octanol–water partition coefficient (Wildman–Crippen LogP) is 1.10. The van der Waals surface area contributed by atoms with E-state index in [0.29, 0.717) is 10.8 Å². The third kappa shape index (κ3) is 3.52. The molecule has 120 valence electrons. The van der Waals surface area contributed by atoms with Crippen molar-refractivity contribution in [2.24, 2.45) is 0 Å². The standard InChI is InChI=1S/C11H15N5O3S3/c1-4-11(2)7(18)16(8(19)12-11)15-6(17)5-21-10-14-13-9(20-3)22-10/h4-5H2,1-3H3,(H,12,19)(H,15,17). The molecule has 1 fully saturated rings. The second kappa shape index (κ2) is 6.84.